The fourth-order valence-electron chi connectivity index (χ4n) is 6.43. The summed E-state index contributed by atoms with van der Waals surface area (Å²) in [5, 5.41) is 27.8. The first-order chi connectivity index (χ1) is 22.2. The topological polar surface area (TPSA) is 182 Å². The lowest BCUT2D eigenvalue weighted by molar-refractivity contribution is -0.156. The van der Waals surface area contributed by atoms with Crippen molar-refractivity contribution >= 4 is 57.1 Å². The average molecular weight is 642 g/mol. The van der Waals surface area contributed by atoms with E-state index in [2.05, 4.69) is 20.6 Å². The van der Waals surface area contributed by atoms with Crippen molar-refractivity contribution in [2.75, 3.05) is 10.6 Å². The largest absolute Gasteiger partial charge is 0.481 e. The lowest BCUT2D eigenvalue weighted by Crippen LogP contribution is -2.59. The summed E-state index contributed by atoms with van der Waals surface area (Å²) in [5.41, 5.74) is 0.389. The number of nitrogens with zero attached hydrogens (tertiary/aromatic N) is 2. The predicted octanol–water partition coefficient (Wildman–Crippen LogP) is 5.36. The summed E-state index contributed by atoms with van der Waals surface area (Å²) >= 11 is 0. The third-order valence-electron chi connectivity index (χ3n) is 9.05. The zero-order valence-electron chi connectivity index (χ0n) is 27.1. The summed E-state index contributed by atoms with van der Waals surface area (Å²) in [6.07, 6.45) is -0.000427. The van der Waals surface area contributed by atoms with Gasteiger partial charge in [-0.15, -0.1) is 0 Å². The van der Waals surface area contributed by atoms with Crippen molar-refractivity contribution in [2.45, 2.75) is 72.5 Å². The van der Waals surface area contributed by atoms with E-state index >= 15 is 0 Å². The van der Waals surface area contributed by atoms with Crippen LogP contribution in [0.4, 0.5) is 11.6 Å². The van der Waals surface area contributed by atoms with Crippen LogP contribution in [0.2, 0.25) is 0 Å². The lowest BCUT2D eigenvalue weighted by Gasteiger charge is -2.42. The van der Waals surface area contributed by atoms with Gasteiger partial charge in [-0.05, 0) is 65.1 Å². The quantitative estimate of drug-likeness (QED) is 0.135. The molecule has 1 aliphatic heterocycles. The summed E-state index contributed by atoms with van der Waals surface area (Å²) in [7, 11) is 0. The van der Waals surface area contributed by atoms with Crippen molar-refractivity contribution in [2.24, 2.45) is 11.3 Å². The highest BCUT2D eigenvalue weighted by atomic mass is 16.4. The van der Waals surface area contributed by atoms with Gasteiger partial charge in [0.05, 0.1) is 17.3 Å². The number of anilines is 2. The number of H-pyrrole nitrogens is 1. The molecule has 47 heavy (non-hydrogen) atoms. The van der Waals surface area contributed by atoms with Crippen LogP contribution in [0.5, 0.6) is 0 Å². The number of rotatable bonds is 11. The standard InChI is InChI=1S/C35H39N5O7/c1-6-22(16-27(41)42)35(7-2,32(46)47)40-18-21-15-23(11-12-24(21)30(40)44)36-17-19-8-9-20-10-13-26-28(25(20)14-19)29(43)38-33(37-26)39-31(45)34(3,4)5/h8-15,22,36H,6-7,16-18H2,1-5H3,(H,41,42)(H,46,47)(H2,37,38,39,43,45)/t22?,35-/m1/s1. The minimum absolute atomic E-state index is 0.0515. The Hall–Kier alpha value is -5.26. The summed E-state index contributed by atoms with van der Waals surface area (Å²) in [4.78, 5) is 71.9. The van der Waals surface area contributed by atoms with Gasteiger partial charge in [-0.1, -0.05) is 52.8 Å². The molecule has 1 aromatic heterocycles. The Morgan fingerprint density at radius 1 is 1.02 bits per heavy atom. The van der Waals surface area contributed by atoms with E-state index in [1.165, 1.54) is 4.90 Å². The van der Waals surface area contributed by atoms with Crippen LogP contribution in [0.15, 0.2) is 53.3 Å². The highest BCUT2D eigenvalue weighted by Crippen LogP contribution is 2.40. The number of fused-ring (bicyclic) bond motifs is 4. The Balaban J connectivity index is 1.39. The first-order valence-corrected chi connectivity index (χ1v) is 15.6. The highest BCUT2D eigenvalue weighted by molar-refractivity contribution is 6.06. The normalized spacial score (nSPS) is 14.9. The molecule has 12 heteroatoms. The van der Waals surface area contributed by atoms with E-state index in [0.29, 0.717) is 39.6 Å². The van der Waals surface area contributed by atoms with E-state index in [0.717, 1.165) is 10.9 Å². The van der Waals surface area contributed by atoms with Gasteiger partial charge in [0.1, 0.15) is 5.54 Å². The zero-order valence-corrected chi connectivity index (χ0v) is 27.1. The zero-order chi connectivity index (χ0) is 34.3. The third kappa shape index (κ3) is 6.15. The number of amides is 2. The van der Waals surface area contributed by atoms with Crippen LogP contribution in [-0.2, 0) is 27.5 Å². The molecule has 1 unspecified atom stereocenters. The number of hydrogen-bond donors (Lipinski definition) is 5. The Labute approximate surface area is 271 Å². The van der Waals surface area contributed by atoms with Crippen LogP contribution in [-0.4, -0.2) is 54.4 Å². The maximum absolute atomic E-state index is 13.5. The molecule has 5 N–H and O–H groups in total. The number of carbonyl (C=O) groups is 4. The fourth-order valence-corrected chi connectivity index (χ4v) is 6.43. The molecular formula is C35H39N5O7. The molecule has 3 aromatic carbocycles. The summed E-state index contributed by atoms with van der Waals surface area (Å²) in [6.45, 7) is 9.15. The Morgan fingerprint density at radius 3 is 2.38 bits per heavy atom. The molecule has 2 atom stereocenters. The molecule has 5 rings (SSSR count). The van der Waals surface area contributed by atoms with E-state index in [1.807, 2.05) is 30.3 Å². The molecule has 246 valence electrons. The first-order valence-electron chi connectivity index (χ1n) is 15.6. The van der Waals surface area contributed by atoms with Crippen molar-refractivity contribution in [1.29, 1.82) is 0 Å². The number of benzene rings is 3. The summed E-state index contributed by atoms with van der Waals surface area (Å²) < 4.78 is 0. The van der Waals surface area contributed by atoms with Crippen LogP contribution in [0.25, 0.3) is 21.7 Å². The van der Waals surface area contributed by atoms with Gasteiger partial charge in [0, 0.05) is 35.7 Å². The van der Waals surface area contributed by atoms with Gasteiger partial charge in [-0.25, -0.2) is 9.78 Å². The van der Waals surface area contributed by atoms with Crippen molar-refractivity contribution < 1.29 is 29.4 Å². The average Bonchev–Trinajstić information content (AvgIpc) is 3.34. The number of carboxylic acids is 2. The van der Waals surface area contributed by atoms with Crippen molar-refractivity contribution in [3.8, 4) is 0 Å². The molecule has 0 saturated carbocycles. The maximum Gasteiger partial charge on any atom is 0.329 e. The molecule has 12 nitrogen and oxygen atoms in total. The number of nitrogens with one attached hydrogen (secondary N) is 3. The van der Waals surface area contributed by atoms with Crippen LogP contribution in [0, 0.1) is 11.3 Å². The number of aliphatic carboxylic acids is 2. The molecule has 1 aliphatic rings. The molecule has 0 saturated heterocycles. The Bertz CT molecular complexity index is 1980. The second-order valence-electron chi connectivity index (χ2n) is 13.0. The van der Waals surface area contributed by atoms with Gasteiger partial charge in [0.25, 0.3) is 11.5 Å². The van der Waals surface area contributed by atoms with E-state index < -0.39 is 34.7 Å². The molecule has 0 fully saturated rings. The number of aromatic amines is 1. The fraction of sp³-hybridized carbons (Fsp3) is 0.371. The predicted molar refractivity (Wildman–Crippen MR) is 178 cm³/mol. The molecule has 0 aliphatic carbocycles. The van der Waals surface area contributed by atoms with Crippen LogP contribution < -0.4 is 16.2 Å². The minimum atomic E-state index is -1.66. The van der Waals surface area contributed by atoms with Gasteiger partial charge in [-0.3, -0.25) is 29.5 Å². The van der Waals surface area contributed by atoms with Crippen molar-refractivity contribution in [3.05, 3.63) is 75.6 Å². The molecule has 0 radical (unpaired) electrons. The van der Waals surface area contributed by atoms with Crippen molar-refractivity contribution in [3.63, 3.8) is 0 Å². The molecular weight excluding hydrogens is 602 g/mol. The summed E-state index contributed by atoms with van der Waals surface area (Å²) in [5.74, 6) is -3.70. The van der Waals surface area contributed by atoms with Gasteiger partial charge in [-0.2, -0.15) is 0 Å². The molecule has 4 aromatic rings. The third-order valence-corrected chi connectivity index (χ3v) is 9.05. The van der Waals surface area contributed by atoms with Gasteiger partial charge in [0.2, 0.25) is 11.9 Å². The second-order valence-corrected chi connectivity index (χ2v) is 13.0. The van der Waals surface area contributed by atoms with Gasteiger partial charge >= 0.3 is 11.9 Å². The van der Waals surface area contributed by atoms with Crippen LogP contribution >= 0.6 is 0 Å². The smallest absolute Gasteiger partial charge is 0.329 e. The van der Waals surface area contributed by atoms with E-state index in [-0.39, 0.29) is 43.2 Å². The van der Waals surface area contributed by atoms with Gasteiger partial charge < -0.3 is 20.4 Å². The Kier molecular flexibility index (Phi) is 8.81. The first kappa shape index (κ1) is 33.1. The van der Waals surface area contributed by atoms with Crippen molar-refractivity contribution in [1.82, 2.24) is 14.9 Å². The highest BCUT2D eigenvalue weighted by Gasteiger charge is 2.53. The van der Waals surface area contributed by atoms with Gasteiger partial charge in [0.15, 0.2) is 0 Å². The monoisotopic (exact) mass is 641 g/mol. The van der Waals surface area contributed by atoms with Crippen LogP contribution in [0.1, 0.15) is 75.4 Å². The van der Waals surface area contributed by atoms with E-state index in [9.17, 15) is 34.2 Å². The maximum atomic E-state index is 13.5. The number of carboxylic acid groups (broad SMARTS) is 2. The summed E-state index contributed by atoms with van der Waals surface area (Å²) in [6, 6.07) is 14.6. The molecule has 0 spiro atoms. The van der Waals surface area contributed by atoms with E-state index in [4.69, 9.17) is 0 Å². The Morgan fingerprint density at radius 2 is 1.74 bits per heavy atom. The number of hydrogen-bond acceptors (Lipinski definition) is 7. The minimum Gasteiger partial charge on any atom is -0.481 e. The number of carbonyl (C=O) groups excluding carboxylic acids is 2. The van der Waals surface area contributed by atoms with Crippen LogP contribution in [0.3, 0.4) is 0 Å². The molecule has 2 heterocycles. The SMILES string of the molecule is CCC(CC(=O)O)[C@](CC)(C(=O)O)N1Cc2cc(NCc3ccc4ccc5nc(NC(=O)C(C)(C)C)[nH]c(=O)c5c4c3)ccc2C1=O. The molecule has 2 amide bonds. The molecule has 0 bridgehead atoms. The second kappa shape index (κ2) is 12.5. The number of aromatic nitrogens is 2. The van der Waals surface area contributed by atoms with E-state index in [1.54, 1.807) is 52.8 Å². The lowest BCUT2D eigenvalue weighted by atomic mass is 9.76.